The Morgan fingerprint density at radius 1 is 1.19 bits per heavy atom. The van der Waals surface area contributed by atoms with Crippen molar-refractivity contribution in [2.75, 3.05) is 18.0 Å². The smallest absolute Gasteiger partial charge is 0.225 e. The predicted molar refractivity (Wildman–Crippen MR) is 85.3 cm³/mol. The van der Waals surface area contributed by atoms with E-state index in [1.54, 1.807) is 12.4 Å². The number of aromatic nitrogens is 2. The van der Waals surface area contributed by atoms with E-state index in [1.807, 2.05) is 6.07 Å². The first kappa shape index (κ1) is 14.0. The highest BCUT2D eigenvalue weighted by atomic mass is 15.3. The fourth-order valence-electron chi connectivity index (χ4n) is 2.90. The Morgan fingerprint density at radius 2 is 1.95 bits per heavy atom. The second-order valence-corrected chi connectivity index (χ2v) is 6.16. The molecule has 2 heterocycles. The molecule has 4 heteroatoms. The fourth-order valence-corrected chi connectivity index (χ4v) is 2.90. The Morgan fingerprint density at radius 3 is 2.67 bits per heavy atom. The molecular weight excluding hydrogens is 260 g/mol. The zero-order valence-corrected chi connectivity index (χ0v) is 12.7. The van der Waals surface area contributed by atoms with Crippen LogP contribution in [0.25, 0.3) is 0 Å². The third kappa shape index (κ3) is 2.76. The zero-order valence-electron chi connectivity index (χ0n) is 12.7. The van der Waals surface area contributed by atoms with E-state index in [9.17, 15) is 0 Å². The molecule has 1 aliphatic heterocycles. The predicted octanol–water partition coefficient (Wildman–Crippen LogP) is 2.66. The molecule has 2 N–H and O–H groups in total. The summed E-state index contributed by atoms with van der Waals surface area (Å²) < 4.78 is 0. The first-order valence-corrected chi connectivity index (χ1v) is 7.50. The number of nitrogens with two attached hydrogens (primary N) is 1. The second kappa shape index (κ2) is 5.45. The van der Waals surface area contributed by atoms with E-state index in [0.717, 1.165) is 25.5 Å². The fraction of sp³-hybridized carbons (Fsp3) is 0.412. The highest BCUT2D eigenvalue weighted by Gasteiger charge is 2.37. The maximum absolute atomic E-state index is 6.68. The third-order valence-electron chi connectivity index (χ3n) is 4.26. The second-order valence-electron chi connectivity index (χ2n) is 6.16. The molecule has 110 valence electrons. The average Bonchev–Trinajstić information content (AvgIpc) is 2.92. The highest BCUT2D eigenvalue weighted by molar-refractivity contribution is 5.39. The summed E-state index contributed by atoms with van der Waals surface area (Å²) in [6.07, 6.45) is 4.48. The Balaban J connectivity index is 1.84. The van der Waals surface area contributed by atoms with Crippen LogP contribution < -0.4 is 10.6 Å². The van der Waals surface area contributed by atoms with Gasteiger partial charge in [0.25, 0.3) is 0 Å². The maximum Gasteiger partial charge on any atom is 0.225 e. The van der Waals surface area contributed by atoms with Crippen molar-refractivity contribution >= 4 is 5.95 Å². The number of hydrogen-bond acceptors (Lipinski definition) is 4. The molecule has 1 aromatic carbocycles. The summed E-state index contributed by atoms with van der Waals surface area (Å²) in [5.41, 5.74) is 8.92. The van der Waals surface area contributed by atoms with Gasteiger partial charge in [-0.25, -0.2) is 9.97 Å². The minimum atomic E-state index is -0.315. The van der Waals surface area contributed by atoms with Gasteiger partial charge < -0.3 is 10.6 Å². The van der Waals surface area contributed by atoms with Gasteiger partial charge in [-0.2, -0.15) is 0 Å². The molecule has 0 saturated carbocycles. The molecule has 0 aliphatic carbocycles. The largest absolute Gasteiger partial charge is 0.339 e. The molecule has 2 aromatic rings. The van der Waals surface area contributed by atoms with Crippen molar-refractivity contribution in [3.63, 3.8) is 0 Å². The van der Waals surface area contributed by atoms with Crippen LogP contribution in [0.4, 0.5) is 5.95 Å². The van der Waals surface area contributed by atoms with Crippen molar-refractivity contribution in [2.45, 2.75) is 31.7 Å². The summed E-state index contributed by atoms with van der Waals surface area (Å²) >= 11 is 0. The van der Waals surface area contributed by atoms with E-state index in [4.69, 9.17) is 5.73 Å². The molecule has 1 aromatic heterocycles. The summed E-state index contributed by atoms with van der Waals surface area (Å²) in [5, 5.41) is 0. The van der Waals surface area contributed by atoms with Crippen LogP contribution in [0.1, 0.15) is 37.3 Å². The minimum Gasteiger partial charge on any atom is -0.339 e. The Hall–Kier alpha value is -1.94. The lowest BCUT2D eigenvalue weighted by atomic mass is 9.87. The van der Waals surface area contributed by atoms with Crippen molar-refractivity contribution in [3.05, 3.63) is 53.9 Å². The van der Waals surface area contributed by atoms with Gasteiger partial charge >= 0.3 is 0 Å². The lowest BCUT2D eigenvalue weighted by Crippen LogP contribution is -2.40. The first-order valence-electron chi connectivity index (χ1n) is 7.50. The number of rotatable bonds is 3. The number of nitrogens with zero attached hydrogens (tertiary/aromatic N) is 3. The monoisotopic (exact) mass is 282 g/mol. The van der Waals surface area contributed by atoms with E-state index in [1.165, 1.54) is 11.1 Å². The lowest BCUT2D eigenvalue weighted by Gasteiger charge is -2.26. The van der Waals surface area contributed by atoms with Crippen LogP contribution in [0.15, 0.2) is 42.7 Å². The van der Waals surface area contributed by atoms with Crippen LogP contribution in [0.5, 0.6) is 0 Å². The number of hydrogen-bond donors (Lipinski definition) is 1. The molecule has 0 amide bonds. The summed E-state index contributed by atoms with van der Waals surface area (Å²) in [5.74, 6) is 1.29. The van der Waals surface area contributed by atoms with E-state index in [-0.39, 0.29) is 5.54 Å². The Labute approximate surface area is 126 Å². The summed E-state index contributed by atoms with van der Waals surface area (Å²) in [6, 6.07) is 10.5. The van der Waals surface area contributed by atoms with Gasteiger partial charge in [-0.3, -0.25) is 0 Å². The zero-order chi connectivity index (χ0) is 14.9. The van der Waals surface area contributed by atoms with Gasteiger partial charge in [0, 0.05) is 25.5 Å². The van der Waals surface area contributed by atoms with Gasteiger partial charge in [0.15, 0.2) is 0 Å². The SMILES string of the molecule is CC(C)c1cccc(C2(N)CCN(c3ncccn3)C2)c1. The third-order valence-corrected chi connectivity index (χ3v) is 4.26. The highest BCUT2D eigenvalue weighted by Crippen LogP contribution is 2.32. The molecule has 4 nitrogen and oxygen atoms in total. The maximum atomic E-state index is 6.68. The topological polar surface area (TPSA) is 55.0 Å². The Bertz CT molecular complexity index is 611. The van der Waals surface area contributed by atoms with Crippen LogP contribution in [-0.4, -0.2) is 23.1 Å². The molecular formula is C17H22N4. The standard InChI is InChI=1S/C17H22N4/c1-13(2)14-5-3-6-15(11-14)17(18)7-10-21(12-17)16-19-8-4-9-20-16/h3-6,8-9,11,13H,7,10,12,18H2,1-2H3. The molecule has 1 fully saturated rings. The van der Waals surface area contributed by atoms with E-state index in [0.29, 0.717) is 5.92 Å². The van der Waals surface area contributed by atoms with Crippen molar-refractivity contribution in [3.8, 4) is 0 Å². The van der Waals surface area contributed by atoms with Crippen LogP contribution >= 0.6 is 0 Å². The molecule has 21 heavy (non-hydrogen) atoms. The van der Waals surface area contributed by atoms with Crippen molar-refractivity contribution in [1.82, 2.24) is 9.97 Å². The summed E-state index contributed by atoms with van der Waals surface area (Å²) in [7, 11) is 0. The Kier molecular flexibility index (Phi) is 3.64. The van der Waals surface area contributed by atoms with Crippen LogP contribution in [0.3, 0.4) is 0 Å². The van der Waals surface area contributed by atoms with E-state index >= 15 is 0 Å². The summed E-state index contributed by atoms with van der Waals surface area (Å²) in [6.45, 7) is 6.08. The molecule has 0 spiro atoms. The molecule has 1 saturated heterocycles. The van der Waals surface area contributed by atoms with E-state index in [2.05, 4.69) is 53.0 Å². The van der Waals surface area contributed by atoms with Crippen LogP contribution in [-0.2, 0) is 5.54 Å². The van der Waals surface area contributed by atoms with Gasteiger partial charge in [-0.15, -0.1) is 0 Å². The quantitative estimate of drug-likeness (QED) is 0.940. The normalized spacial score (nSPS) is 22.0. The van der Waals surface area contributed by atoms with Gasteiger partial charge in [-0.05, 0) is 29.5 Å². The molecule has 3 rings (SSSR count). The average molecular weight is 282 g/mol. The summed E-state index contributed by atoms with van der Waals surface area (Å²) in [4.78, 5) is 10.8. The van der Waals surface area contributed by atoms with Gasteiger partial charge in [0.05, 0.1) is 5.54 Å². The van der Waals surface area contributed by atoms with Gasteiger partial charge in [-0.1, -0.05) is 38.1 Å². The van der Waals surface area contributed by atoms with Crippen LogP contribution in [0, 0.1) is 0 Å². The number of benzene rings is 1. The molecule has 1 unspecified atom stereocenters. The van der Waals surface area contributed by atoms with Crippen molar-refractivity contribution in [1.29, 1.82) is 0 Å². The molecule has 0 bridgehead atoms. The minimum absolute atomic E-state index is 0.315. The van der Waals surface area contributed by atoms with Crippen molar-refractivity contribution in [2.24, 2.45) is 5.73 Å². The molecule has 1 aliphatic rings. The van der Waals surface area contributed by atoms with Gasteiger partial charge in [0.2, 0.25) is 5.95 Å². The lowest BCUT2D eigenvalue weighted by molar-refractivity contribution is 0.498. The first-order chi connectivity index (χ1) is 10.1. The number of anilines is 1. The van der Waals surface area contributed by atoms with Gasteiger partial charge in [0.1, 0.15) is 0 Å². The molecule has 1 atom stereocenters. The van der Waals surface area contributed by atoms with E-state index < -0.39 is 0 Å². The van der Waals surface area contributed by atoms with Crippen molar-refractivity contribution < 1.29 is 0 Å². The molecule has 0 radical (unpaired) electrons. The van der Waals surface area contributed by atoms with Crippen LogP contribution in [0.2, 0.25) is 0 Å².